The Balaban J connectivity index is 2.43. The molecule has 114 valence electrons. The fourth-order valence-corrected chi connectivity index (χ4v) is 2.60. The van der Waals surface area contributed by atoms with Crippen molar-refractivity contribution in [3.8, 4) is 0 Å². The maximum absolute atomic E-state index is 13.8. The molecule has 0 atom stereocenters. The Bertz CT molecular complexity index is 555. The Kier molecular flexibility index (Phi) is 4.75. The van der Waals surface area contributed by atoms with Crippen LogP contribution in [0, 0.1) is 11.6 Å². The second-order valence-electron chi connectivity index (χ2n) is 5.08. The quantitative estimate of drug-likeness (QED) is 0.746. The molecule has 0 aliphatic heterocycles. The minimum absolute atomic E-state index is 0.00932. The highest BCUT2D eigenvalue weighted by atomic mass is 19.1. The highest BCUT2D eigenvalue weighted by Crippen LogP contribution is 2.30. The van der Waals surface area contributed by atoms with E-state index in [2.05, 4.69) is 16.0 Å². The molecule has 3 N–H and O–H groups in total. The van der Waals surface area contributed by atoms with Crippen molar-refractivity contribution in [1.82, 2.24) is 16.0 Å². The number of nitrogens with one attached hydrogen (secondary N) is 3. The summed E-state index contributed by atoms with van der Waals surface area (Å²) in [5.74, 6) is -1.09. The van der Waals surface area contributed by atoms with Gasteiger partial charge in [-0.15, -0.1) is 0 Å². The molecular weight excluding hydrogens is 272 g/mol. The molecule has 0 amide bonds. The number of likely N-dealkylation sites (N-methyl/N-ethyl adjacent to an activating group) is 3. The van der Waals surface area contributed by atoms with Crippen molar-refractivity contribution in [3.05, 3.63) is 52.7 Å². The van der Waals surface area contributed by atoms with Crippen LogP contribution in [0.25, 0.3) is 6.08 Å². The Hall–Kier alpha value is -1.72. The van der Waals surface area contributed by atoms with Crippen LogP contribution < -0.4 is 16.0 Å². The first kappa shape index (κ1) is 15.7. The zero-order valence-corrected chi connectivity index (χ0v) is 12.6. The van der Waals surface area contributed by atoms with Gasteiger partial charge in [0.1, 0.15) is 11.6 Å². The van der Waals surface area contributed by atoms with Gasteiger partial charge in [-0.1, -0.05) is 6.07 Å². The molecule has 3 nitrogen and oxygen atoms in total. The van der Waals surface area contributed by atoms with Crippen LogP contribution in [0.1, 0.15) is 18.4 Å². The monoisotopic (exact) mass is 293 g/mol. The highest BCUT2D eigenvalue weighted by Gasteiger charge is 2.29. The Morgan fingerprint density at radius 3 is 2.24 bits per heavy atom. The van der Waals surface area contributed by atoms with Gasteiger partial charge in [0.15, 0.2) is 0 Å². The third-order valence-corrected chi connectivity index (χ3v) is 4.01. The van der Waals surface area contributed by atoms with E-state index in [1.807, 2.05) is 20.2 Å². The van der Waals surface area contributed by atoms with E-state index in [1.54, 1.807) is 13.1 Å². The average Bonchev–Trinajstić information content (AvgIpc) is 2.51. The second-order valence-corrected chi connectivity index (χ2v) is 5.08. The van der Waals surface area contributed by atoms with Crippen molar-refractivity contribution in [2.24, 2.45) is 0 Å². The fraction of sp³-hybridized carbons (Fsp3) is 0.375. The van der Waals surface area contributed by atoms with E-state index in [0.717, 1.165) is 17.7 Å². The molecule has 0 saturated heterocycles. The van der Waals surface area contributed by atoms with Gasteiger partial charge in [-0.3, -0.25) is 10.6 Å². The smallest absolute Gasteiger partial charge is 0.133 e. The van der Waals surface area contributed by atoms with Crippen LogP contribution >= 0.6 is 0 Å². The van der Waals surface area contributed by atoms with Crippen LogP contribution in [-0.2, 0) is 0 Å². The van der Waals surface area contributed by atoms with Crippen molar-refractivity contribution < 1.29 is 8.78 Å². The minimum Gasteiger partial charge on any atom is -0.388 e. The van der Waals surface area contributed by atoms with E-state index >= 15 is 0 Å². The first-order valence-corrected chi connectivity index (χ1v) is 6.98. The number of benzene rings is 1. The number of halogens is 2. The Labute approximate surface area is 124 Å². The van der Waals surface area contributed by atoms with E-state index in [-0.39, 0.29) is 11.2 Å². The third-order valence-electron chi connectivity index (χ3n) is 4.01. The van der Waals surface area contributed by atoms with Gasteiger partial charge in [-0.2, -0.15) is 0 Å². The molecule has 0 fully saturated rings. The first-order valence-electron chi connectivity index (χ1n) is 6.98. The average molecular weight is 293 g/mol. The molecule has 21 heavy (non-hydrogen) atoms. The van der Waals surface area contributed by atoms with Gasteiger partial charge in [0, 0.05) is 18.3 Å². The van der Waals surface area contributed by atoms with Gasteiger partial charge in [-0.05, 0) is 56.8 Å². The molecule has 5 heteroatoms. The predicted molar refractivity (Wildman–Crippen MR) is 81.6 cm³/mol. The standard InChI is InChI=1S/C16H21F2N3/c1-19-15-10-16(20-2,21-3)8-7-11(15)9-12-13(17)5-4-6-14(12)18/h4-6,9-10,19-21H,7-8H2,1-3H3. The normalized spacial score (nSPS) is 19.5. The van der Waals surface area contributed by atoms with Gasteiger partial charge >= 0.3 is 0 Å². The van der Waals surface area contributed by atoms with Crippen molar-refractivity contribution in [2.75, 3.05) is 21.1 Å². The molecule has 1 aliphatic carbocycles. The van der Waals surface area contributed by atoms with Crippen molar-refractivity contribution in [1.29, 1.82) is 0 Å². The summed E-state index contributed by atoms with van der Waals surface area (Å²) in [5, 5.41) is 9.58. The fourth-order valence-electron chi connectivity index (χ4n) is 2.60. The van der Waals surface area contributed by atoms with Crippen LogP contribution in [-0.4, -0.2) is 26.8 Å². The molecule has 0 bridgehead atoms. The second kappa shape index (κ2) is 6.37. The van der Waals surface area contributed by atoms with Crippen molar-refractivity contribution in [2.45, 2.75) is 18.5 Å². The van der Waals surface area contributed by atoms with Crippen LogP contribution in [0.2, 0.25) is 0 Å². The molecule has 0 unspecified atom stereocenters. The van der Waals surface area contributed by atoms with Crippen LogP contribution in [0.3, 0.4) is 0 Å². The van der Waals surface area contributed by atoms with Crippen LogP contribution in [0.5, 0.6) is 0 Å². The summed E-state index contributed by atoms with van der Waals surface area (Å²) in [6.45, 7) is 0. The molecule has 1 aliphatic rings. The summed E-state index contributed by atoms with van der Waals surface area (Å²) in [5.41, 5.74) is 1.47. The van der Waals surface area contributed by atoms with Gasteiger partial charge in [0.05, 0.1) is 5.66 Å². The van der Waals surface area contributed by atoms with E-state index in [4.69, 9.17) is 0 Å². The number of hydrogen-bond acceptors (Lipinski definition) is 3. The van der Waals surface area contributed by atoms with Crippen LogP contribution in [0.15, 0.2) is 35.5 Å². The zero-order valence-electron chi connectivity index (χ0n) is 12.6. The van der Waals surface area contributed by atoms with Gasteiger partial charge in [0.2, 0.25) is 0 Å². The SMILES string of the molecule is CNC1=CC(NC)(NC)CCC1=Cc1c(F)cccc1F. The number of hydrogen-bond donors (Lipinski definition) is 3. The summed E-state index contributed by atoms with van der Waals surface area (Å²) in [4.78, 5) is 0. The number of allylic oxidation sites excluding steroid dienone is 1. The number of rotatable bonds is 4. The molecule has 0 radical (unpaired) electrons. The third kappa shape index (κ3) is 3.14. The van der Waals surface area contributed by atoms with Crippen molar-refractivity contribution in [3.63, 3.8) is 0 Å². The summed E-state index contributed by atoms with van der Waals surface area (Å²) in [6, 6.07) is 3.91. The first-order chi connectivity index (χ1) is 10.0. The lowest BCUT2D eigenvalue weighted by molar-refractivity contribution is 0.338. The van der Waals surface area contributed by atoms with Gasteiger partial charge in [-0.25, -0.2) is 8.78 Å². The maximum Gasteiger partial charge on any atom is 0.133 e. The molecular formula is C16H21F2N3. The van der Waals surface area contributed by atoms with Crippen molar-refractivity contribution >= 4 is 6.08 Å². The maximum atomic E-state index is 13.8. The summed E-state index contributed by atoms with van der Waals surface area (Å²) in [7, 11) is 5.57. The zero-order chi connectivity index (χ0) is 15.5. The minimum atomic E-state index is -0.544. The largest absolute Gasteiger partial charge is 0.388 e. The predicted octanol–water partition coefficient (Wildman–Crippen LogP) is 2.38. The lowest BCUT2D eigenvalue weighted by atomic mass is 9.88. The molecule has 0 aromatic heterocycles. The van der Waals surface area contributed by atoms with E-state index in [1.165, 1.54) is 18.2 Å². The lowest BCUT2D eigenvalue weighted by Gasteiger charge is -2.35. The van der Waals surface area contributed by atoms with E-state index in [0.29, 0.717) is 6.42 Å². The summed E-state index contributed by atoms with van der Waals surface area (Å²) in [6.07, 6.45) is 5.11. The molecule has 0 saturated carbocycles. The summed E-state index contributed by atoms with van der Waals surface area (Å²) >= 11 is 0. The molecule has 0 spiro atoms. The molecule has 0 heterocycles. The Morgan fingerprint density at radius 2 is 1.71 bits per heavy atom. The molecule has 2 rings (SSSR count). The highest BCUT2D eigenvalue weighted by molar-refractivity contribution is 5.60. The lowest BCUT2D eigenvalue weighted by Crippen LogP contribution is -2.54. The summed E-state index contributed by atoms with van der Waals surface area (Å²) < 4.78 is 27.5. The molecule has 1 aromatic carbocycles. The van der Waals surface area contributed by atoms with Crippen LogP contribution in [0.4, 0.5) is 8.78 Å². The van der Waals surface area contributed by atoms with Gasteiger partial charge in [0.25, 0.3) is 0 Å². The van der Waals surface area contributed by atoms with Gasteiger partial charge < -0.3 is 5.32 Å². The topological polar surface area (TPSA) is 36.1 Å². The van der Waals surface area contributed by atoms with E-state index in [9.17, 15) is 8.78 Å². The Morgan fingerprint density at radius 1 is 1.10 bits per heavy atom. The molecule has 1 aromatic rings. The van der Waals surface area contributed by atoms with E-state index < -0.39 is 11.6 Å².